The van der Waals surface area contributed by atoms with Crippen LogP contribution < -0.4 is 5.32 Å². The Hall–Kier alpha value is -1.67. The van der Waals surface area contributed by atoms with Gasteiger partial charge >= 0.3 is 0 Å². The van der Waals surface area contributed by atoms with Crippen LogP contribution in [0.1, 0.15) is 48.4 Å². The summed E-state index contributed by atoms with van der Waals surface area (Å²) in [5.74, 6) is 0.498. The largest absolute Gasteiger partial charge is 0.310 e. The molecule has 0 aromatic heterocycles. The third-order valence-corrected chi connectivity index (χ3v) is 4.51. The number of rotatable bonds is 4. The Morgan fingerprint density at radius 1 is 1.00 bits per heavy atom. The molecule has 2 aromatic rings. The van der Waals surface area contributed by atoms with Crippen LogP contribution in [0, 0.1) is 5.82 Å². The Balaban J connectivity index is 1.61. The lowest BCUT2D eigenvalue weighted by Crippen LogP contribution is -2.27. The lowest BCUT2D eigenvalue weighted by molar-refractivity contribution is 0.434. The molecular formula is C19H22FN. The van der Waals surface area contributed by atoms with Crippen LogP contribution in [-0.2, 0) is 6.42 Å². The molecule has 0 spiro atoms. The summed E-state index contributed by atoms with van der Waals surface area (Å²) in [5.41, 5.74) is 4.12. The fourth-order valence-electron chi connectivity index (χ4n) is 3.26. The molecule has 0 heterocycles. The minimum Gasteiger partial charge on any atom is -0.310 e. The van der Waals surface area contributed by atoms with Crippen molar-refractivity contribution in [2.75, 3.05) is 6.54 Å². The van der Waals surface area contributed by atoms with Gasteiger partial charge in [-0.05, 0) is 60.5 Å². The first-order valence-corrected chi connectivity index (χ1v) is 7.80. The van der Waals surface area contributed by atoms with Gasteiger partial charge in [0.15, 0.2) is 0 Å². The van der Waals surface area contributed by atoms with E-state index in [1.807, 2.05) is 12.1 Å². The highest BCUT2D eigenvalue weighted by atomic mass is 19.1. The maximum absolute atomic E-state index is 12.9. The summed E-state index contributed by atoms with van der Waals surface area (Å²) in [7, 11) is 0. The third kappa shape index (κ3) is 3.33. The number of halogens is 1. The van der Waals surface area contributed by atoms with E-state index in [0.29, 0.717) is 12.0 Å². The fourth-order valence-corrected chi connectivity index (χ4v) is 3.26. The average Bonchev–Trinajstić information content (AvgIpc) is 2.52. The van der Waals surface area contributed by atoms with E-state index in [4.69, 9.17) is 0 Å². The molecule has 2 heteroatoms. The number of hydrogen-bond donors (Lipinski definition) is 1. The second-order valence-corrected chi connectivity index (χ2v) is 5.99. The second kappa shape index (κ2) is 6.40. The molecule has 0 fully saturated rings. The van der Waals surface area contributed by atoms with E-state index in [-0.39, 0.29) is 5.82 Å². The summed E-state index contributed by atoms with van der Waals surface area (Å²) in [6.07, 6.45) is 3.38. The predicted octanol–water partition coefficient (Wildman–Crippen LogP) is 4.60. The van der Waals surface area contributed by atoms with Gasteiger partial charge in [-0.25, -0.2) is 4.39 Å². The summed E-state index contributed by atoms with van der Waals surface area (Å²) < 4.78 is 12.9. The standard InChI is InChI=1S/C19H22FN/c1-14-6-11-19(18-5-3-2-4-17(14)18)21-13-12-15-7-9-16(20)10-8-15/h2-5,7-10,14,19,21H,6,11-13H2,1H3. The van der Waals surface area contributed by atoms with Crippen LogP contribution in [0.25, 0.3) is 0 Å². The summed E-state index contributed by atoms with van der Waals surface area (Å²) >= 11 is 0. The topological polar surface area (TPSA) is 12.0 Å². The van der Waals surface area contributed by atoms with E-state index in [2.05, 4.69) is 36.5 Å². The van der Waals surface area contributed by atoms with Gasteiger partial charge in [0.05, 0.1) is 0 Å². The molecule has 1 N–H and O–H groups in total. The Kier molecular flexibility index (Phi) is 4.35. The van der Waals surface area contributed by atoms with Crippen molar-refractivity contribution in [3.05, 3.63) is 71.0 Å². The fraction of sp³-hybridized carbons (Fsp3) is 0.368. The predicted molar refractivity (Wildman–Crippen MR) is 84.9 cm³/mol. The third-order valence-electron chi connectivity index (χ3n) is 4.51. The Morgan fingerprint density at radius 2 is 1.71 bits per heavy atom. The minimum atomic E-state index is -0.165. The molecule has 3 rings (SSSR count). The van der Waals surface area contributed by atoms with Gasteiger partial charge in [0.25, 0.3) is 0 Å². The van der Waals surface area contributed by atoms with Crippen LogP contribution in [0.15, 0.2) is 48.5 Å². The first kappa shape index (κ1) is 14.3. The van der Waals surface area contributed by atoms with Gasteiger partial charge in [0, 0.05) is 6.04 Å². The monoisotopic (exact) mass is 283 g/mol. The SMILES string of the molecule is CC1CCC(NCCc2ccc(F)cc2)c2ccccc21. The Bertz CT molecular complexity index is 591. The molecular weight excluding hydrogens is 261 g/mol. The van der Waals surface area contributed by atoms with Crippen molar-refractivity contribution < 1.29 is 4.39 Å². The lowest BCUT2D eigenvalue weighted by Gasteiger charge is -2.30. The molecule has 21 heavy (non-hydrogen) atoms. The molecule has 0 amide bonds. The molecule has 0 aliphatic heterocycles. The van der Waals surface area contributed by atoms with Crippen LogP contribution in [0.5, 0.6) is 0 Å². The summed E-state index contributed by atoms with van der Waals surface area (Å²) in [4.78, 5) is 0. The van der Waals surface area contributed by atoms with Crippen LogP contribution in [-0.4, -0.2) is 6.54 Å². The van der Waals surface area contributed by atoms with Gasteiger partial charge in [-0.3, -0.25) is 0 Å². The number of benzene rings is 2. The molecule has 0 bridgehead atoms. The van der Waals surface area contributed by atoms with Crippen molar-refractivity contribution in [3.8, 4) is 0 Å². The lowest BCUT2D eigenvalue weighted by atomic mass is 9.81. The zero-order valence-electron chi connectivity index (χ0n) is 12.5. The van der Waals surface area contributed by atoms with Crippen molar-refractivity contribution in [2.45, 2.75) is 38.1 Å². The highest BCUT2D eigenvalue weighted by Crippen LogP contribution is 2.36. The van der Waals surface area contributed by atoms with Crippen molar-refractivity contribution in [2.24, 2.45) is 0 Å². The van der Waals surface area contributed by atoms with E-state index in [1.54, 1.807) is 0 Å². The molecule has 1 aliphatic rings. The van der Waals surface area contributed by atoms with Gasteiger partial charge in [-0.1, -0.05) is 43.3 Å². The first-order chi connectivity index (χ1) is 10.2. The van der Waals surface area contributed by atoms with Crippen LogP contribution in [0.2, 0.25) is 0 Å². The molecule has 0 saturated carbocycles. The smallest absolute Gasteiger partial charge is 0.123 e. The molecule has 2 atom stereocenters. The minimum absolute atomic E-state index is 0.165. The molecule has 0 radical (unpaired) electrons. The van der Waals surface area contributed by atoms with Gasteiger partial charge in [0.1, 0.15) is 5.82 Å². The van der Waals surface area contributed by atoms with Crippen molar-refractivity contribution in [1.82, 2.24) is 5.32 Å². The van der Waals surface area contributed by atoms with Gasteiger partial charge in [0.2, 0.25) is 0 Å². The molecule has 110 valence electrons. The molecule has 0 saturated heterocycles. The highest BCUT2D eigenvalue weighted by Gasteiger charge is 2.23. The zero-order valence-corrected chi connectivity index (χ0v) is 12.5. The van der Waals surface area contributed by atoms with E-state index < -0.39 is 0 Å². The van der Waals surface area contributed by atoms with E-state index in [0.717, 1.165) is 13.0 Å². The van der Waals surface area contributed by atoms with Crippen LogP contribution in [0.4, 0.5) is 4.39 Å². The summed E-state index contributed by atoms with van der Waals surface area (Å²) in [6.45, 7) is 3.24. The number of hydrogen-bond acceptors (Lipinski definition) is 1. The van der Waals surface area contributed by atoms with Crippen LogP contribution in [0.3, 0.4) is 0 Å². The molecule has 1 nitrogen and oxygen atoms in total. The van der Waals surface area contributed by atoms with Crippen molar-refractivity contribution >= 4 is 0 Å². The van der Waals surface area contributed by atoms with E-state index in [1.165, 1.54) is 41.7 Å². The van der Waals surface area contributed by atoms with Crippen LogP contribution >= 0.6 is 0 Å². The second-order valence-electron chi connectivity index (χ2n) is 5.99. The van der Waals surface area contributed by atoms with Gasteiger partial charge in [-0.15, -0.1) is 0 Å². The maximum atomic E-state index is 12.9. The van der Waals surface area contributed by atoms with Gasteiger partial charge in [-0.2, -0.15) is 0 Å². The van der Waals surface area contributed by atoms with Crippen molar-refractivity contribution in [3.63, 3.8) is 0 Å². The number of fused-ring (bicyclic) bond motifs is 1. The molecule has 2 aromatic carbocycles. The van der Waals surface area contributed by atoms with Gasteiger partial charge < -0.3 is 5.32 Å². The maximum Gasteiger partial charge on any atom is 0.123 e. The quantitative estimate of drug-likeness (QED) is 0.865. The molecule has 2 unspecified atom stereocenters. The normalized spacial score (nSPS) is 21.0. The van der Waals surface area contributed by atoms with E-state index in [9.17, 15) is 4.39 Å². The molecule has 1 aliphatic carbocycles. The Labute approximate surface area is 126 Å². The summed E-state index contributed by atoms with van der Waals surface area (Å²) in [5, 5.41) is 3.67. The number of nitrogens with one attached hydrogen (secondary N) is 1. The highest BCUT2D eigenvalue weighted by molar-refractivity contribution is 5.34. The first-order valence-electron chi connectivity index (χ1n) is 7.80. The van der Waals surface area contributed by atoms with Crippen molar-refractivity contribution in [1.29, 1.82) is 0 Å². The Morgan fingerprint density at radius 3 is 2.48 bits per heavy atom. The van der Waals surface area contributed by atoms with E-state index >= 15 is 0 Å². The average molecular weight is 283 g/mol. The summed E-state index contributed by atoms with van der Waals surface area (Å²) in [6, 6.07) is 16.0. The zero-order chi connectivity index (χ0) is 14.7.